The van der Waals surface area contributed by atoms with Crippen molar-refractivity contribution >= 4 is 33.9 Å². The second-order valence-corrected chi connectivity index (χ2v) is 12.2. The van der Waals surface area contributed by atoms with Crippen molar-refractivity contribution in [2.75, 3.05) is 61.5 Å². The van der Waals surface area contributed by atoms with Gasteiger partial charge in [0.25, 0.3) is 0 Å². The van der Waals surface area contributed by atoms with E-state index in [9.17, 15) is 4.79 Å². The van der Waals surface area contributed by atoms with Crippen LogP contribution in [-0.2, 0) is 17.8 Å². The van der Waals surface area contributed by atoms with Crippen molar-refractivity contribution in [2.45, 2.75) is 52.0 Å². The summed E-state index contributed by atoms with van der Waals surface area (Å²) in [7, 11) is 1.97. The summed E-state index contributed by atoms with van der Waals surface area (Å²) in [5, 5.41) is 5.81. The number of aromatic nitrogens is 2. The Morgan fingerprint density at radius 1 is 1.07 bits per heavy atom. The summed E-state index contributed by atoms with van der Waals surface area (Å²) in [6.45, 7) is 11.1. The van der Waals surface area contributed by atoms with Crippen molar-refractivity contribution in [2.24, 2.45) is 11.8 Å². The number of ether oxygens (including phenoxy) is 1. The molecule has 2 atom stereocenters. The minimum Gasteiger partial charge on any atom is -0.463 e. The Hall–Kier alpha value is -3.81. The van der Waals surface area contributed by atoms with Gasteiger partial charge >= 0.3 is 6.01 Å². The van der Waals surface area contributed by atoms with E-state index in [2.05, 4.69) is 65.0 Å². The van der Waals surface area contributed by atoms with E-state index in [1.165, 1.54) is 60.2 Å². The Morgan fingerprint density at radius 2 is 1.88 bits per heavy atom. The highest BCUT2D eigenvalue weighted by Crippen LogP contribution is 2.36. The Balaban J connectivity index is 1.30. The summed E-state index contributed by atoms with van der Waals surface area (Å²) in [6.07, 6.45) is 8.59. The van der Waals surface area contributed by atoms with Gasteiger partial charge in [-0.25, -0.2) is 0 Å². The molecule has 1 N–H and O–H groups in total. The Bertz CT molecular complexity index is 1430. The molecule has 222 valence electrons. The third-order valence-corrected chi connectivity index (χ3v) is 9.30. The maximum Gasteiger partial charge on any atom is 0.318 e. The molecular formula is C34H44N6O2. The van der Waals surface area contributed by atoms with Gasteiger partial charge in [-0.15, -0.1) is 0 Å². The summed E-state index contributed by atoms with van der Waals surface area (Å²) in [4.78, 5) is 28.9. The molecule has 1 unspecified atom stereocenters. The van der Waals surface area contributed by atoms with E-state index >= 15 is 0 Å². The molecule has 0 bridgehead atoms. The number of nitrogens with zero attached hydrogens (tertiary/aromatic N) is 5. The number of benzene rings is 2. The van der Waals surface area contributed by atoms with Gasteiger partial charge in [0.1, 0.15) is 5.82 Å². The van der Waals surface area contributed by atoms with Crippen LogP contribution in [0, 0.1) is 11.8 Å². The maximum atomic E-state index is 12.2. The third-order valence-electron chi connectivity index (χ3n) is 9.30. The Morgan fingerprint density at radius 3 is 2.69 bits per heavy atom. The van der Waals surface area contributed by atoms with Crippen molar-refractivity contribution in [3.63, 3.8) is 0 Å². The van der Waals surface area contributed by atoms with Gasteiger partial charge in [-0.2, -0.15) is 9.97 Å². The molecule has 42 heavy (non-hydrogen) atoms. The predicted molar refractivity (Wildman–Crippen MR) is 171 cm³/mol. The van der Waals surface area contributed by atoms with Crippen LogP contribution in [0.2, 0.25) is 0 Å². The van der Waals surface area contributed by atoms with Gasteiger partial charge in [-0.05, 0) is 54.7 Å². The lowest BCUT2D eigenvalue weighted by Gasteiger charge is -2.38. The lowest BCUT2D eigenvalue weighted by molar-refractivity contribution is -0.126. The van der Waals surface area contributed by atoms with Gasteiger partial charge in [0.05, 0.1) is 18.8 Å². The largest absolute Gasteiger partial charge is 0.463 e. The standard InChI is InChI=1S/C34H44N6O2/c1-4-32(41)38-15-17-39(18-16-38)33-29-13-14-40(31-21-27(35-3)20-26-11-7-8-12-28(26)31)22-30(29)36-34(37-33)42-23-25-10-6-5-9-24(2)19-25/h4,7-8,11-12,20-21,24-25,35H,1,5-6,9-10,13-19,22-23H2,2-3H3/t24?,25-/m1/s1. The number of fused-ring (bicyclic) bond motifs is 2. The van der Waals surface area contributed by atoms with Gasteiger partial charge in [0.15, 0.2) is 0 Å². The summed E-state index contributed by atoms with van der Waals surface area (Å²) in [5.74, 6) is 2.26. The van der Waals surface area contributed by atoms with Crippen LogP contribution in [0.3, 0.4) is 0 Å². The van der Waals surface area contributed by atoms with Crippen LogP contribution in [0.4, 0.5) is 17.2 Å². The van der Waals surface area contributed by atoms with E-state index in [1.807, 2.05) is 11.9 Å². The molecule has 2 aliphatic heterocycles. The number of anilines is 3. The van der Waals surface area contributed by atoms with Gasteiger partial charge in [-0.1, -0.05) is 57.0 Å². The molecule has 1 aliphatic carbocycles. The summed E-state index contributed by atoms with van der Waals surface area (Å²) >= 11 is 0. The van der Waals surface area contributed by atoms with Crippen LogP contribution in [0.15, 0.2) is 49.1 Å². The highest BCUT2D eigenvalue weighted by Gasteiger charge is 2.29. The Kier molecular flexibility index (Phi) is 8.49. The van der Waals surface area contributed by atoms with Crippen LogP contribution in [0.1, 0.15) is 50.3 Å². The average Bonchev–Trinajstić information content (AvgIpc) is 3.25. The monoisotopic (exact) mass is 568 g/mol. The lowest BCUT2D eigenvalue weighted by atomic mass is 9.95. The molecule has 8 nitrogen and oxygen atoms in total. The number of piperazine rings is 1. The molecular weight excluding hydrogens is 524 g/mol. The minimum absolute atomic E-state index is 0.00677. The first-order chi connectivity index (χ1) is 20.5. The number of hydrogen-bond donors (Lipinski definition) is 1. The zero-order chi connectivity index (χ0) is 29.1. The van der Waals surface area contributed by atoms with Crippen LogP contribution in [0.5, 0.6) is 6.01 Å². The average molecular weight is 569 g/mol. The van der Waals surface area contributed by atoms with E-state index in [1.54, 1.807) is 0 Å². The summed E-state index contributed by atoms with van der Waals surface area (Å²) in [6, 6.07) is 13.5. The first kappa shape index (κ1) is 28.3. The molecule has 6 rings (SSSR count). The summed E-state index contributed by atoms with van der Waals surface area (Å²) in [5.41, 5.74) is 4.57. The topological polar surface area (TPSA) is 73.8 Å². The van der Waals surface area contributed by atoms with Crippen LogP contribution < -0.4 is 19.9 Å². The normalized spacial score (nSPS) is 21.0. The molecule has 3 aliphatic rings. The van der Waals surface area contributed by atoms with Crippen molar-refractivity contribution < 1.29 is 9.53 Å². The number of nitrogens with one attached hydrogen (secondary N) is 1. The third kappa shape index (κ3) is 6.03. The second kappa shape index (κ2) is 12.6. The SMILES string of the molecule is C=CC(=O)N1CCN(c2nc(OC[C@@H]3CCCCC(C)C3)nc3c2CCN(c2cc(NC)cc4ccccc24)C3)CC1. The fourth-order valence-electron chi connectivity index (χ4n) is 6.96. The molecule has 0 radical (unpaired) electrons. The second-order valence-electron chi connectivity index (χ2n) is 12.2. The maximum absolute atomic E-state index is 12.2. The smallest absolute Gasteiger partial charge is 0.318 e. The van der Waals surface area contributed by atoms with Crippen molar-refractivity contribution in [1.82, 2.24) is 14.9 Å². The molecule has 8 heteroatoms. The van der Waals surface area contributed by atoms with Gasteiger partial charge in [0, 0.05) is 62.1 Å². The molecule has 1 saturated heterocycles. The van der Waals surface area contributed by atoms with Gasteiger partial charge < -0.3 is 24.8 Å². The van der Waals surface area contributed by atoms with Crippen LogP contribution >= 0.6 is 0 Å². The fourth-order valence-corrected chi connectivity index (χ4v) is 6.96. The first-order valence-electron chi connectivity index (χ1n) is 15.7. The van der Waals surface area contributed by atoms with Crippen molar-refractivity contribution in [3.8, 4) is 6.01 Å². The minimum atomic E-state index is -0.00677. The predicted octanol–water partition coefficient (Wildman–Crippen LogP) is 5.66. The molecule has 1 amide bonds. The van der Waals surface area contributed by atoms with Crippen LogP contribution in [-0.4, -0.2) is 67.2 Å². The Labute approximate surface area is 249 Å². The highest BCUT2D eigenvalue weighted by atomic mass is 16.5. The van der Waals surface area contributed by atoms with E-state index in [-0.39, 0.29) is 5.91 Å². The number of rotatable bonds is 7. The van der Waals surface area contributed by atoms with Gasteiger partial charge in [-0.3, -0.25) is 4.79 Å². The highest BCUT2D eigenvalue weighted by molar-refractivity contribution is 5.97. The summed E-state index contributed by atoms with van der Waals surface area (Å²) < 4.78 is 6.42. The lowest BCUT2D eigenvalue weighted by Crippen LogP contribution is -2.49. The first-order valence-corrected chi connectivity index (χ1v) is 15.7. The molecule has 1 aromatic heterocycles. The fraction of sp³-hybridized carbons (Fsp3) is 0.500. The van der Waals surface area contributed by atoms with Crippen molar-refractivity contribution in [1.29, 1.82) is 0 Å². The molecule has 2 fully saturated rings. The molecule has 1 saturated carbocycles. The zero-order valence-electron chi connectivity index (χ0n) is 25.1. The molecule has 0 spiro atoms. The zero-order valence-corrected chi connectivity index (χ0v) is 25.1. The van der Waals surface area contributed by atoms with E-state index in [4.69, 9.17) is 14.7 Å². The number of hydrogen-bond acceptors (Lipinski definition) is 7. The van der Waals surface area contributed by atoms with Crippen LogP contribution in [0.25, 0.3) is 10.8 Å². The quantitative estimate of drug-likeness (QED) is 0.291. The number of carbonyl (C=O) groups is 1. The van der Waals surface area contributed by atoms with Crippen molar-refractivity contribution in [3.05, 3.63) is 60.3 Å². The molecule has 3 aromatic rings. The molecule has 2 aromatic carbocycles. The van der Waals surface area contributed by atoms with E-state index in [0.29, 0.717) is 38.2 Å². The van der Waals surface area contributed by atoms with E-state index in [0.717, 1.165) is 49.2 Å². The van der Waals surface area contributed by atoms with E-state index < -0.39 is 0 Å². The molecule has 3 heterocycles. The number of amides is 1. The number of carbonyl (C=O) groups excluding carboxylic acids is 1. The van der Waals surface area contributed by atoms with Gasteiger partial charge in [0.2, 0.25) is 5.91 Å².